The molecule has 6 nitrogen and oxygen atoms in total. The van der Waals surface area contributed by atoms with Gasteiger partial charge in [-0.25, -0.2) is 9.97 Å². The van der Waals surface area contributed by atoms with E-state index < -0.39 is 0 Å². The van der Waals surface area contributed by atoms with Crippen LogP contribution in [0.3, 0.4) is 0 Å². The van der Waals surface area contributed by atoms with E-state index in [2.05, 4.69) is 27.0 Å². The average Bonchev–Trinajstić information content (AvgIpc) is 2.95. The van der Waals surface area contributed by atoms with Gasteiger partial charge >= 0.3 is 0 Å². The second-order valence-electron chi connectivity index (χ2n) is 7.90. The molecular weight excluding hydrogens is 338 g/mol. The zero-order chi connectivity index (χ0) is 19.0. The third kappa shape index (κ3) is 3.13. The number of amides is 1. The standard InChI is InChI=1S/C21H27N5O/c1-24(2)18-13-19(23-15-22-18)26-11-9-21(10-12-26)14-17(20(27)25(21)3)16-7-5-4-6-8-16/h4-8,13,15,17H,9-12,14H2,1-3H3/t17-/m1/s1. The van der Waals surface area contributed by atoms with Gasteiger partial charge in [0.25, 0.3) is 0 Å². The maximum Gasteiger partial charge on any atom is 0.230 e. The molecule has 0 aliphatic carbocycles. The van der Waals surface area contributed by atoms with Gasteiger partial charge in [0.05, 0.1) is 5.92 Å². The lowest BCUT2D eigenvalue weighted by molar-refractivity contribution is -0.131. The Kier molecular flexibility index (Phi) is 4.50. The average molecular weight is 365 g/mol. The van der Waals surface area contributed by atoms with Crippen molar-refractivity contribution >= 4 is 17.5 Å². The van der Waals surface area contributed by atoms with Gasteiger partial charge in [0.1, 0.15) is 18.0 Å². The first-order valence-electron chi connectivity index (χ1n) is 9.57. The van der Waals surface area contributed by atoms with E-state index in [1.807, 2.05) is 55.2 Å². The Morgan fingerprint density at radius 2 is 1.81 bits per heavy atom. The van der Waals surface area contributed by atoms with Gasteiger partial charge in [-0.15, -0.1) is 0 Å². The van der Waals surface area contributed by atoms with Crippen molar-refractivity contribution in [2.45, 2.75) is 30.7 Å². The molecule has 2 fully saturated rings. The first-order valence-corrected chi connectivity index (χ1v) is 9.57. The number of aromatic nitrogens is 2. The van der Waals surface area contributed by atoms with Crippen LogP contribution in [-0.4, -0.2) is 60.5 Å². The number of likely N-dealkylation sites (tertiary alicyclic amines) is 1. The summed E-state index contributed by atoms with van der Waals surface area (Å²) in [5.41, 5.74) is 1.10. The lowest BCUT2D eigenvalue weighted by atomic mass is 9.81. The first kappa shape index (κ1) is 17.8. The molecule has 0 saturated carbocycles. The number of nitrogens with zero attached hydrogens (tertiary/aromatic N) is 5. The Morgan fingerprint density at radius 1 is 1.11 bits per heavy atom. The number of carbonyl (C=O) groups excluding carboxylic acids is 1. The quantitative estimate of drug-likeness (QED) is 0.837. The maximum absolute atomic E-state index is 12.9. The highest BCUT2D eigenvalue weighted by Gasteiger charge is 2.50. The molecule has 0 N–H and O–H groups in total. The molecule has 142 valence electrons. The zero-order valence-electron chi connectivity index (χ0n) is 16.3. The monoisotopic (exact) mass is 365 g/mol. The van der Waals surface area contributed by atoms with Crippen LogP contribution in [-0.2, 0) is 4.79 Å². The number of hydrogen-bond donors (Lipinski definition) is 0. The van der Waals surface area contributed by atoms with E-state index in [1.165, 1.54) is 0 Å². The van der Waals surface area contributed by atoms with Crippen molar-refractivity contribution in [1.82, 2.24) is 14.9 Å². The SMILES string of the molecule is CN(C)c1cc(N2CCC3(CC2)C[C@H](c2ccccc2)C(=O)N3C)ncn1. The Balaban J connectivity index is 1.50. The van der Waals surface area contributed by atoms with E-state index in [0.29, 0.717) is 0 Å². The van der Waals surface area contributed by atoms with Crippen molar-refractivity contribution in [2.75, 3.05) is 44.0 Å². The van der Waals surface area contributed by atoms with Gasteiger partial charge in [0.2, 0.25) is 5.91 Å². The number of piperidine rings is 1. The Labute approximate surface area is 160 Å². The maximum atomic E-state index is 12.9. The zero-order valence-corrected chi connectivity index (χ0v) is 16.3. The smallest absolute Gasteiger partial charge is 0.230 e. The summed E-state index contributed by atoms with van der Waals surface area (Å²) in [6, 6.07) is 12.2. The van der Waals surface area contributed by atoms with E-state index in [4.69, 9.17) is 0 Å². The summed E-state index contributed by atoms with van der Waals surface area (Å²) in [5.74, 6) is 2.13. The number of carbonyl (C=O) groups is 1. The molecule has 2 aliphatic rings. The van der Waals surface area contributed by atoms with Crippen LogP contribution in [0, 0.1) is 0 Å². The molecule has 1 amide bonds. The molecule has 0 bridgehead atoms. The normalized spacial score (nSPS) is 21.7. The minimum absolute atomic E-state index is 0.0119. The van der Waals surface area contributed by atoms with E-state index in [1.54, 1.807) is 6.33 Å². The van der Waals surface area contributed by atoms with Gasteiger partial charge < -0.3 is 14.7 Å². The molecular formula is C21H27N5O. The second kappa shape index (κ2) is 6.83. The van der Waals surface area contributed by atoms with Crippen LogP contribution in [0.25, 0.3) is 0 Å². The molecule has 2 saturated heterocycles. The van der Waals surface area contributed by atoms with Crippen molar-refractivity contribution in [3.63, 3.8) is 0 Å². The number of benzene rings is 1. The van der Waals surface area contributed by atoms with Gasteiger partial charge in [-0.2, -0.15) is 0 Å². The third-order valence-corrected chi connectivity index (χ3v) is 6.24. The van der Waals surface area contributed by atoms with Crippen molar-refractivity contribution < 1.29 is 4.79 Å². The van der Waals surface area contributed by atoms with Gasteiger partial charge in [-0.05, 0) is 24.8 Å². The third-order valence-electron chi connectivity index (χ3n) is 6.24. The van der Waals surface area contributed by atoms with Crippen molar-refractivity contribution in [3.8, 4) is 0 Å². The highest BCUT2D eigenvalue weighted by Crippen LogP contribution is 2.45. The molecule has 1 spiro atoms. The van der Waals surface area contributed by atoms with Crippen molar-refractivity contribution in [1.29, 1.82) is 0 Å². The molecule has 4 rings (SSSR count). The number of hydrogen-bond acceptors (Lipinski definition) is 5. The highest BCUT2D eigenvalue weighted by atomic mass is 16.2. The summed E-state index contributed by atoms with van der Waals surface area (Å²) in [7, 11) is 5.95. The Morgan fingerprint density at radius 3 is 2.48 bits per heavy atom. The lowest BCUT2D eigenvalue weighted by Crippen LogP contribution is -2.51. The first-order chi connectivity index (χ1) is 13.0. The second-order valence-corrected chi connectivity index (χ2v) is 7.90. The number of anilines is 2. The minimum atomic E-state index is -0.0362. The molecule has 0 unspecified atom stereocenters. The van der Waals surface area contributed by atoms with E-state index >= 15 is 0 Å². The highest BCUT2D eigenvalue weighted by molar-refractivity contribution is 5.87. The van der Waals surface area contributed by atoms with Crippen LogP contribution in [0.2, 0.25) is 0 Å². The van der Waals surface area contributed by atoms with Gasteiger partial charge in [0, 0.05) is 45.8 Å². The van der Waals surface area contributed by atoms with E-state index in [-0.39, 0.29) is 17.4 Å². The van der Waals surface area contributed by atoms with E-state index in [9.17, 15) is 4.79 Å². The summed E-state index contributed by atoms with van der Waals surface area (Å²) < 4.78 is 0. The fourth-order valence-electron chi connectivity index (χ4n) is 4.46. The largest absolute Gasteiger partial charge is 0.363 e. The molecule has 2 aliphatic heterocycles. The van der Waals surface area contributed by atoms with Crippen LogP contribution in [0.4, 0.5) is 11.6 Å². The summed E-state index contributed by atoms with van der Waals surface area (Å²) in [6.45, 7) is 1.81. The van der Waals surface area contributed by atoms with Crippen LogP contribution in [0.15, 0.2) is 42.7 Å². The Hall–Kier alpha value is -2.63. The molecule has 1 aromatic carbocycles. The summed E-state index contributed by atoms with van der Waals surface area (Å²) in [4.78, 5) is 28.0. The topological polar surface area (TPSA) is 52.6 Å². The van der Waals surface area contributed by atoms with Crippen molar-refractivity contribution in [2.24, 2.45) is 0 Å². The van der Waals surface area contributed by atoms with Gasteiger partial charge in [-0.1, -0.05) is 30.3 Å². The molecule has 6 heteroatoms. The van der Waals surface area contributed by atoms with Crippen molar-refractivity contribution in [3.05, 3.63) is 48.3 Å². The van der Waals surface area contributed by atoms with Crippen LogP contribution in [0.5, 0.6) is 0 Å². The van der Waals surface area contributed by atoms with Crippen LogP contribution >= 0.6 is 0 Å². The van der Waals surface area contributed by atoms with Crippen LogP contribution < -0.4 is 9.80 Å². The molecule has 2 aromatic rings. The number of rotatable bonds is 3. The fourth-order valence-corrected chi connectivity index (χ4v) is 4.46. The number of likely N-dealkylation sites (N-methyl/N-ethyl adjacent to an activating group) is 1. The molecule has 1 aromatic heterocycles. The summed E-state index contributed by atoms with van der Waals surface area (Å²) >= 11 is 0. The Bertz CT molecular complexity index is 814. The lowest BCUT2D eigenvalue weighted by Gasteiger charge is -2.43. The predicted molar refractivity (Wildman–Crippen MR) is 107 cm³/mol. The molecule has 1 atom stereocenters. The molecule has 27 heavy (non-hydrogen) atoms. The summed E-state index contributed by atoms with van der Waals surface area (Å²) in [5, 5.41) is 0. The summed E-state index contributed by atoms with van der Waals surface area (Å²) in [6.07, 6.45) is 4.48. The minimum Gasteiger partial charge on any atom is -0.363 e. The molecule has 3 heterocycles. The fraction of sp³-hybridized carbons (Fsp3) is 0.476. The molecule has 0 radical (unpaired) electrons. The van der Waals surface area contributed by atoms with Crippen LogP contribution in [0.1, 0.15) is 30.7 Å². The predicted octanol–water partition coefficient (Wildman–Crippen LogP) is 2.53. The van der Waals surface area contributed by atoms with E-state index in [0.717, 1.165) is 49.6 Å². The van der Waals surface area contributed by atoms with Gasteiger partial charge in [-0.3, -0.25) is 4.79 Å². The van der Waals surface area contributed by atoms with Gasteiger partial charge in [0.15, 0.2) is 0 Å².